The largest absolute Gasteiger partial charge is 0.350 e. The van der Waals surface area contributed by atoms with Gasteiger partial charge in [-0.2, -0.15) is 0 Å². The van der Waals surface area contributed by atoms with Crippen LogP contribution in [-0.2, 0) is 13.6 Å². The quantitative estimate of drug-likeness (QED) is 0.725. The zero-order chi connectivity index (χ0) is 19.0. The van der Waals surface area contributed by atoms with E-state index in [0.29, 0.717) is 12.5 Å². The predicted octanol–water partition coefficient (Wildman–Crippen LogP) is 3.81. The van der Waals surface area contributed by atoms with Crippen molar-refractivity contribution in [3.63, 3.8) is 0 Å². The van der Waals surface area contributed by atoms with Gasteiger partial charge in [0.05, 0.1) is 5.56 Å². The van der Waals surface area contributed by atoms with Crippen LogP contribution in [-0.4, -0.2) is 26.6 Å². The van der Waals surface area contributed by atoms with Gasteiger partial charge in [0, 0.05) is 49.3 Å². The zero-order valence-electron chi connectivity index (χ0n) is 16.2. The van der Waals surface area contributed by atoms with Crippen molar-refractivity contribution >= 4 is 5.91 Å². The molecule has 1 saturated carbocycles. The van der Waals surface area contributed by atoms with Crippen LogP contribution in [0.2, 0.25) is 0 Å². The van der Waals surface area contributed by atoms with E-state index in [4.69, 9.17) is 0 Å². The van der Waals surface area contributed by atoms with Crippen molar-refractivity contribution in [3.8, 4) is 11.3 Å². The van der Waals surface area contributed by atoms with Crippen molar-refractivity contribution in [2.24, 2.45) is 7.05 Å². The van der Waals surface area contributed by atoms with Crippen LogP contribution in [0.5, 0.6) is 0 Å². The van der Waals surface area contributed by atoms with Crippen LogP contribution in [0.3, 0.4) is 0 Å². The summed E-state index contributed by atoms with van der Waals surface area (Å²) in [5.41, 5.74) is 5.04. The molecule has 5 nitrogen and oxygen atoms in total. The summed E-state index contributed by atoms with van der Waals surface area (Å²) < 4.78 is 4.32. The van der Waals surface area contributed by atoms with E-state index in [1.54, 1.807) is 0 Å². The molecule has 0 saturated heterocycles. The van der Waals surface area contributed by atoms with Gasteiger partial charge < -0.3 is 14.5 Å². The van der Waals surface area contributed by atoms with Crippen molar-refractivity contribution in [1.29, 1.82) is 0 Å². The number of carbonyl (C=O) groups is 1. The molecule has 1 aliphatic rings. The molecule has 0 unspecified atom stereocenters. The molecule has 1 N–H and O–H groups in total. The Morgan fingerprint density at radius 3 is 2.67 bits per heavy atom. The fourth-order valence-electron chi connectivity index (χ4n) is 3.63. The van der Waals surface area contributed by atoms with Gasteiger partial charge in [0.2, 0.25) is 0 Å². The number of nitrogens with one attached hydrogen (secondary N) is 1. The second-order valence-electron chi connectivity index (χ2n) is 7.39. The summed E-state index contributed by atoms with van der Waals surface area (Å²) in [5, 5.41) is 3.08. The molecule has 3 aromatic rings. The van der Waals surface area contributed by atoms with Crippen LogP contribution < -0.4 is 5.32 Å². The number of aryl methyl sites for hydroxylation is 1. The normalized spacial score (nSPS) is 13.7. The minimum absolute atomic E-state index is 0.0176. The average molecular weight is 362 g/mol. The summed E-state index contributed by atoms with van der Waals surface area (Å²) in [5.74, 6) is 1.76. The van der Waals surface area contributed by atoms with Gasteiger partial charge in [0.15, 0.2) is 0 Å². The maximum Gasteiger partial charge on any atom is 0.253 e. The fourth-order valence-corrected chi connectivity index (χ4v) is 3.63. The maximum absolute atomic E-state index is 12.8. The van der Waals surface area contributed by atoms with Gasteiger partial charge >= 0.3 is 0 Å². The molecule has 2 heterocycles. The molecular formula is C22H26N4O. The van der Waals surface area contributed by atoms with E-state index in [0.717, 1.165) is 34.8 Å². The summed E-state index contributed by atoms with van der Waals surface area (Å²) in [7, 11) is 2.01. The lowest BCUT2D eigenvalue weighted by Gasteiger charge is -2.11. The number of amides is 1. The van der Waals surface area contributed by atoms with Gasteiger partial charge in [-0.1, -0.05) is 30.3 Å². The Labute approximate surface area is 160 Å². The highest BCUT2D eigenvalue weighted by molar-refractivity contribution is 5.96. The standard InChI is InChI=1S/C22H26N4O/c1-15-14-24-21(18-9-10-18)26(15)12-11-23-22(27)19-13-20(25(3)16(19)2)17-7-5-4-6-8-17/h4-8,13-14,18H,9-12H2,1-3H3,(H,23,27). The second kappa shape index (κ2) is 7.06. The van der Waals surface area contributed by atoms with E-state index < -0.39 is 0 Å². The molecule has 4 rings (SSSR count). The highest BCUT2D eigenvalue weighted by Crippen LogP contribution is 2.39. The minimum atomic E-state index is -0.0176. The summed E-state index contributed by atoms with van der Waals surface area (Å²) >= 11 is 0. The van der Waals surface area contributed by atoms with Crippen molar-refractivity contribution in [1.82, 2.24) is 19.4 Å². The molecule has 5 heteroatoms. The molecule has 27 heavy (non-hydrogen) atoms. The summed E-state index contributed by atoms with van der Waals surface area (Å²) in [6, 6.07) is 12.2. The highest BCUT2D eigenvalue weighted by Gasteiger charge is 2.28. The third-order valence-electron chi connectivity index (χ3n) is 5.50. The lowest BCUT2D eigenvalue weighted by molar-refractivity contribution is 0.0951. The van der Waals surface area contributed by atoms with E-state index in [2.05, 4.69) is 38.5 Å². The maximum atomic E-state index is 12.8. The molecular weight excluding hydrogens is 336 g/mol. The smallest absolute Gasteiger partial charge is 0.253 e. The zero-order valence-corrected chi connectivity index (χ0v) is 16.2. The molecule has 0 spiro atoms. The van der Waals surface area contributed by atoms with Gasteiger partial charge in [-0.3, -0.25) is 4.79 Å². The third-order valence-corrected chi connectivity index (χ3v) is 5.50. The first-order valence-electron chi connectivity index (χ1n) is 9.58. The minimum Gasteiger partial charge on any atom is -0.350 e. The van der Waals surface area contributed by atoms with Crippen LogP contribution >= 0.6 is 0 Å². The van der Waals surface area contributed by atoms with E-state index in [-0.39, 0.29) is 5.91 Å². The van der Waals surface area contributed by atoms with Crippen LogP contribution in [0.15, 0.2) is 42.6 Å². The molecule has 1 aliphatic carbocycles. The lowest BCUT2D eigenvalue weighted by Crippen LogP contribution is -2.28. The Kier molecular flexibility index (Phi) is 4.60. The van der Waals surface area contributed by atoms with Crippen molar-refractivity contribution in [3.05, 3.63) is 65.4 Å². The SMILES string of the molecule is Cc1c(C(=O)NCCn2c(C)cnc2C2CC2)cc(-c2ccccc2)n1C. The predicted molar refractivity (Wildman–Crippen MR) is 107 cm³/mol. The number of rotatable bonds is 6. The summed E-state index contributed by atoms with van der Waals surface area (Å²) in [4.78, 5) is 17.3. The number of aromatic nitrogens is 3. The number of hydrogen-bond donors (Lipinski definition) is 1. The molecule has 0 atom stereocenters. The Bertz CT molecular complexity index is 964. The number of carbonyl (C=O) groups excluding carboxylic acids is 1. The van der Waals surface area contributed by atoms with Crippen LogP contribution in [0.4, 0.5) is 0 Å². The molecule has 2 aromatic heterocycles. The molecule has 1 amide bonds. The van der Waals surface area contributed by atoms with E-state index >= 15 is 0 Å². The van der Waals surface area contributed by atoms with E-state index in [9.17, 15) is 4.79 Å². The second-order valence-corrected chi connectivity index (χ2v) is 7.39. The average Bonchev–Trinajstić information content (AvgIpc) is 3.39. The molecule has 140 valence electrons. The van der Waals surface area contributed by atoms with E-state index in [1.807, 2.05) is 44.4 Å². The van der Waals surface area contributed by atoms with Crippen LogP contribution in [0.25, 0.3) is 11.3 Å². The number of hydrogen-bond acceptors (Lipinski definition) is 2. The van der Waals surface area contributed by atoms with Crippen LogP contribution in [0.1, 0.15) is 46.3 Å². The Hall–Kier alpha value is -2.82. The van der Waals surface area contributed by atoms with Gasteiger partial charge in [-0.15, -0.1) is 0 Å². The molecule has 0 radical (unpaired) electrons. The first-order valence-corrected chi connectivity index (χ1v) is 9.58. The van der Waals surface area contributed by atoms with Crippen molar-refractivity contribution in [2.45, 2.75) is 39.2 Å². The Morgan fingerprint density at radius 2 is 1.96 bits per heavy atom. The molecule has 1 fully saturated rings. The molecule has 0 aliphatic heterocycles. The van der Waals surface area contributed by atoms with E-state index in [1.165, 1.54) is 18.7 Å². The first kappa shape index (κ1) is 17.6. The third kappa shape index (κ3) is 3.42. The van der Waals surface area contributed by atoms with Crippen molar-refractivity contribution < 1.29 is 4.79 Å². The lowest BCUT2D eigenvalue weighted by atomic mass is 10.1. The Balaban J connectivity index is 1.45. The number of benzene rings is 1. The number of nitrogens with zero attached hydrogens (tertiary/aromatic N) is 3. The van der Waals surface area contributed by atoms with Gasteiger partial charge in [-0.25, -0.2) is 4.98 Å². The molecule has 1 aromatic carbocycles. The topological polar surface area (TPSA) is 51.9 Å². The summed E-state index contributed by atoms with van der Waals surface area (Å²) in [6.45, 7) is 5.44. The van der Waals surface area contributed by atoms with Gasteiger partial charge in [0.1, 0.15) is 5.82 Å². The first-order chi connectivity index (χ1) is 13.1. The van der Waals surface area contributed by atoms with Gasteiger partial charge in [0.25, 0.3) is 5.91 Å². The van der Waals surface area contributed by atoms with Crippen LogP contribution in [0, 0.1) is 13.8 Å². The molecule has 0 bridgehead atoms. The number of imidazole rings is 1. The fraction of sp³-hybridized carbons (Fsp3) is 0.364. The van der Waals surface area contributed by atoms with Crippen molar-refractivity contribution in [2.75, 3.05) is 6.54 Å². The monoisotopic (exact) mass is 362 g/mol. The van der Waals surface area contributed by atoms with Gasteiger partial charge in [-0.05, 0) is 38.3 Å². The highest BCUT2D eigenvalue weighted by atomic mass is 16.1. The Morgan fingerprint density at radius 1 is 1.22 bits per heavy atom. The summed E-state index contributed by atoms with van der Waals surface area (Å²) in [6.07, 6.45) is 4.39.